The lowest BCUT2D eigenvalue weighted by Gasteiger charge is -2.37. The van der Waals surface area contributed by atoms with Crippen molar-refractivity contribution in [3.63, 3.8) is 0 Å². The van der Waals surface area contributed by atoms with Gasteiger partial charge in [0.2, 0.25) is 0 Å². The molecule has 3 aromatic rings. The van der Waals surface area contributed by atoms with Crippen LogP contribution in [0.2, 0.25) is 0 Å². The molecule has 1 saturated heterocycles. The molecule has 0 unspecified atom stereocenters. The number of piperazine rings is 1. The molecule has 0 atom stereocenters. The van der Waals surface area contributed by atoms with Crippen LogP contribution in [0.25, 0.3) is 0 Å². The minimum Gasteiger partial charge on any atom is -0.497 e. The number of nitrogens with zero attached hydrogens (tertiary/aromatic N) is 6. The average Bonchev–Trinajstić information content (AvgIpc) is 3.29. The molecule has 1 fully saturated rings. The Bertz CT molecular complexity index is 1280. The second-order valence-electron chi connectivity index (χ2n) is 9.87. The van der Waals surface area contributed by atoms with Crippen molar-refractivity contribution < 1.29 is 14.5 Å². The number of nitro groups is 1. The predicted molar refractivity (Wildman–Crippen MR) is 146 cm³/mol. The van der Waals surface area contributed by atoms with E-state index in [0.717, 1.165) is 75.5 Å². The number of carbonyl (C=O) groups is 1. The van der Waals surface area contributed by atoms with Crippen molar-refractivity contribution in [3.8, 4) is 5.75 Å². The van der Waals surface area contributed by atoms with Gasteiger partial charge in [0.1, 0.15) is 5.75 Å². The summed E-state index contributed by atoms with van der Waals surface area (Å²) in [6.45, 7) is 4.82. The van der Waals surface area contributed by atoms with E-state index in [1.165, 1.54) is 35.6 Å². The number of non-ortho nitro benzene ring substituents is 1. The fourth-order valence-electron chi connectivity index (χ4n) is 5.42. The summed E-state index contributed by atoms with van der Waals surface area (Å²) in [5.41, 5.74) is 3.92. The van der Waals surface area contributed by atoms with Crippen molar-refractivity contribution in [2.75, 3.05) is 56.2 Å². The summed E-state index contributed by atoms with van der Waals surface area (Å²) in [7, 11) is 3.62. The van der Waals surface area contributed by atoms with Gasteiger partial charge in [0.15, 0.2) is 5.82 Å². The molecule has 10 heteroatoms. The SMILES string of the molecule is COc1ccc(N2CCN(CCN(C(=O)c3ccc([N+](=O)[O-])cc3)c3nn(C)c4c3CCCC4)CC2)cc1. The van der Waals surface area contributed by atoms with E-state index in [1.54, 1.807) is 12.0 Å². The molecule has 200 valence electrons. The van der Waals surface area contributed by atoms with Gasteiger partial charge in [-0.1, -0.05) is 0 Å². The first-order valence-electron chi connectivity index (χ1n) is 13.2. The number of rotatable bonds is 8. The number of benzene rings is 2. The molecule has 5 rings (SSSR count). The van der Waals surface area contributed by atoms with E-state index in [9.17, 15) is 14.9 Å². The fraction of sp³-hybridized carbons (Fsp3) is 0.429. The van der Waals surface area contributed by atoms with Gasteiger partial charge in [-0.05, 0) is 62.1 Å². The molecule has 38 heavy (non-hydrogen) atoms. The summed E-state index contributed by atoms with van der Waals surface area (Å²) >= 11 is 0. The molecule has 1 aromatic heterocycles. The average molecular weight is 519 g/mol. The van der Waals surface area contributed by atoms with E-state index in [4.69, 9.17) is 9.84 Å². The van der Waals surface area contributed by atoms with Crippen LogP contribution in [-0.4, -0.2) is 71.9 Å². The normalized spacial score (nSPS) is 15.7. The number of ether oxygens (including phenoxy) is 1. The standard InChI is InChI=1S/C28H34N6O4/c1-30-26-6-4-3-5-25(26)27(29-30)33(28(35)21-7-9-23(10-8-21)34(36)37)20-17-31-15-18-32(19-16-31)22-11-13-24(38-2)14-12-22/h7-14H,3-6,15-20H2,1-2H3. The molecule has 2 heterocycles. The molecule has 0 spiro atoms. The Morgan fingerprint density at radius 1 is 1.03 bits per heavy atom. The highest BCUT2D eigenvalue weighted by Crippen LogP contribution is 2.31. The lowest BCUT2D eigenvalue weighted by Crippen LogP contribution is -2.49. The van der Waals surface area contributed by atoms with Crippen LogP contribution in [0.3, 0.4) is 0 Å². The molecule has 2 aliphatic rings. The monoisotopic (exact) mass is 518 g/mol. The van der Waals surface area contributed by atoms with Crippen LogP contribution in [0.5, 0.6) is 5.75 Å². The van der Waals surface area contributed by atoms with E-state index < -0.39 is 4.92 Å². The first-order chi connectivity index (χ1) is 18.4. The molecular weight excluding hydrogens is 484 g/mol. The van der Waals surface area contributed by atoms with Crippen LogP contribution < -0.4 is 14.5 Å². The largest absolute Gasteiger partial charge is 0.497 e. The molecule has 0 N–H and O–H groups in total. The van der Waals surface area contributed by atoms with Crippen molar-refractivity contribution in [1.82, 2.24) is 14.7 Å². The number of carbonyl (C=O) groups excluding carboxylic acids is 1. The molecule has 0 saturated carbocycles. The molecule has 1 aliphatic carbocycles. The number of hydrogen-bond donors (Lipinski definition) is 0. The Kier molecular flexibility index (Phi) is 7.59. The first-order valence-corrected chi connectivity index (χ1v) is 13.2. The second-order valence-corrected chi connectivity index (χ2v) is 9.87. The highest BCUT2D eigenvalue weighted by molar-refractivity contribution is 6.06. The molecule has 10 nitrogen and oxygen atoms in total. The van der Waals surface area contributed by atoms with Crippen molar-refractivity contribution >= 4 is 23.1 Å². The quantitative estimate of drug-likeness (QED) is 0.331. The van der Waals surface area contributed by atoms with Crippen LogP contribution in [-0.2, 0) is 19.9 Å². The smallest absolute Gasteiger partial charge is 0.269 e. The van der Waals surface area contributed by atoms with E-state index in [1.807, 2.05) is 23.9 Å². The van der Waals surface area contributed by atoms with E-state index in [2.05, 4.69) is 21.9 Å². The number of hydrogen-bond acceptors (Lipinski definition) is 7. The highest BCUT2D eigenvalue weighted by Gasteiger charge is 2.29. The molecule has 2 aromatic carbocycles. The molecular formula is C28H34N6O4. The topological polar surface area (TPSA) is 97.0 Å². The fourth-order valence-corrected chi connectivity index (χ4v) is 5.42. The van der Waals surface area contributed by atoms with Gasteiger partial charge in [0.05, 0.1) is 12.0 Å². The van der Waals surface area contributed by atoms with Gasteiger partial charge < -0.3 is 9.64 Å². The van der Waals surface area contributed by atoms with Crippen LogP contribution >= 0.6 is 0 Å². The first kappa shape index (κ1) is 25.7. The summed E-state index contributed by atoms with van der Waals surface area (Å²) in [6.07, 6.45) is 4.08. The van der Waals surface area contributed by atoms with Gasteiger partial charge >= 0.3 is 0 Å². The Morgan fingerprint density at radius 2 is 1.71 bits per heavy atom. The minimum absolute atomic E-state index is 0.0296. The third kappa shape index (κ3) is 5.35. The number of aromatic nitrogens is 2. The maximum atomic E-state index is 13.8. The number of methoxy groups -OCH3 is 1. The molecule has 0 bridgehead atoms. The second kappa shape index (κ2) is 11.2. The van der Waals surface area contributed by atoms with Crippen molar-refractivity contribution in [3.05, 3.63) is 75.5 Å². The predicted octanol–water partition coefficient (Wildman–Crippen LogP) is 3.68. The van der Waals surface area contributed by atoms with E-state index >= 15 is 0 Å². The van der Waals surface area contributed by atoms with Crippen LogP contribution in [0, 0.1) is 10.1 Å². The van der Waals surface area contributed by atoms with Crippen molar-refractivity contribution in [1.29, 1.82) is 0 Å². The van der Waals surface area contributed by atoms with E-state index in [-0.39, 0.29) is 11.6 Å². The Morgan fingerprint density at radius 3 is 2.37 bits per heavy atom. The number of fused-ring (bicyclic) bond motifs is 1. The lowest BCUT2D eigenvalue weighted by molar-refractivity contribution is -0.384. The molecule has 1 amide bonds. The summed E-state index contributed by atoms with van der Waals surface area (Å²) in [4.78, 5) is 30.9. The van der Waals surface area contributed by atoms with Crippen LogP contribution in [0.4, 0.5) is 17.2 Å². The molecule has 0 radical (unpaired) electrons. The molecule has 1 aliphatic heterocycles. The summed E-state index contributed by atoms with van der Waals surface area (Å²) in [6, 6.07) is 14.0. The Balaban J connectivity index is 1.31. The third-order valence-electron chi connectivity index (χ3n) is 7.62. The zero-order valence-corrected chi connectivity index (χ0v) is 22.0. The summed E-state index contributed by atoms with van der Waals surface area (Å²) < 4.78 is 7.18. The van der Waals surface area contributed by atoms with Gasteiger partial charge in [-0.3, -0.25) is 29.4 Å². The summed E-state index contributed by atoms with van der Waals surface area (Å²) in [5.74, 6) is 1.40. The number of nitro benzene ring substituents is 1. The van der Waals surface area contributed by atoms with Crippen LogP contribution in [0.1, 0.15) is 34.5 Å². The number of amides is 1. The van der Waals surface area contributed by atoms with Gasteiger partial charge in [0, 0.05) is 81.0 Å². The zero-order chi connectivity index (χ0) is 26.6. The Hall–Kier alpha value is -3.92. The van der Waals surface area contributed by atoms with Crippen molar-refractivity contribution in [2.45, 2.75) is 25.7 Å². The van der Waals surface area contributed by atoms with Crippen LogP contribution in [0.15, 0.2) is 48.5 Å². The zero-order valence-electron chi connectivity index (χ0n) is 22.0. The highest BCUT2D eigenvalue weighted by atomic mass is 16.6. The summed E-state index contributed by atoms with van der Waals surface area (Å²) in [5, 5.41) is 15.9. The van der Waals surface area contributed by atoms with Gasteiger partial charge in [-0.25, -0.2) is 0 Å². The van der Waals surface area contributed by atoms with Gasteiger partial charge in [0.25, 0.3) is 11.6 Å². The number of anilines is 2. The minimum atomic E-state index is -0.452. The third-order valence-corrected chi connectivity index (χ3v) is 7.62. The maximum absolute atomic E-state index is 13.8. The Labute approximate surface area is 222 Å². The number of aryl methyl sites for hydroxylation is 1. The van der Waals surface area contributed by atoms with E-state index in [0.29, 0.717) is 12.1 Å². The maximum Gasteiger partial charge on any atom is 0.269 e. The lowest BCUT2D eigenvalue weighted by atomic mass is 9.97. The van der Waals surface area contributed by atoms with Gasteiger partial charge in [-0.15, -0.1) is 0 Å². The van der Waals surface area contributed by atoms with Crippen molar-refractivity contribution in [2.24, 2.45) is 7.05 Å². The van der Waals surface area contributed by atoms with Gasteiger partial charge in [-0.2, -0.15) is 5.10 Å².